The van der Waals surface area contributed by atoms with Crippen LogP contribution < -0.4 is 10.0 Å². The maximum atomic E-state index is 12.9. The van der Waals surface area contributed by atoms with Gasteiger partial charge in [0.1, 0.15) is 0 Å². The van der Waals surface area contributed by atoms with E-state index in [-0.39, 0.29) is 41.1 Å². The van der Waals surface area contributed by atoms with Gasteiger partial charge in [-0.05, 0) is 49.1 Å². The minimum Gasteiger partial charge on any atom is -0.349 e. The summed E-state index contributed by atoms with van der Waals surface area (Å²) in [5.74, 6) is -0.0459. The number of rotatable bonds is 6. The van der Waals surface area contributed by atoms with Gasteiger partial charge in [0.05, 0.1) is 18.0 Å². The number of carbonyl (C=O) groups is 1. The van der Waals surface area contributed by atoms with Crippen LogP contribution in [0.25, 0.3) is 0 Å². The van der Waals surface area contributed by atoms with Crippen LogP contribution in [0.15, 0.2) is 36.5 Å². The molecule has 0 bridgehead atoms. The molecule has 1 aliphatic rings. The Kier molecular flexibility index (Phi) is 7.37. The molecule has 0 spiro atoms. The SMILES string of the molecule is Cc1cc([C@@H](C)NC(=O)C2CC2(C)c2ccc(C(C)(C)C)nc2)ccc1NS(C)(=O)=O.Cl. The number of hydrogen-bond acceptors (Lipinski definition) is 4. The summed E-state index contributed by atoms with van der Waals surface area (Å²) in [4.78, 5) is 17.5. The van der Waals surface area contributed by atoms with Crippen LogP contribution in [0.2, 0.25) is 0 Å². The number of nitrogens with one attached hydrogen (secondary N) is 2. The van der Waals surface area contributed by atoms with Gasteiger partial charge in [-0.2, -0.15) is 0 Å². The Hall–Kier alpha value is -2.12. The van der Waals surface area contributed by atoms with Gasteiger partial charge in [-0.1, -0.05) is 45.9 Å². The molecule has 1 amide bonds. The predicted octanol–water partition coefficient (Wildman–Crippen LogP) is 4.64. The molecule has 8 heteroatoms. The van der Waals surface area contributed by atoms with E-state index < -0.39 is 10.0 Å². The number of benzene rings is 1. The molecule has 2 unspecified atom stereocenters. The first-order valence-corrected chi connectivity index (χ1v) is 12.5. The molecule has 0 aliphatic heterocycles. The summed E-state index contributed by atoms with van der Waals surface area (Å²) in [6.45, 7) is 12.3. The molecule has 2 N–H and O–H groups in total. The summed E-state index contributed by atoms with van der Waals surface area (Å²) in [6.07, 6.45) is 3.84. The largest absolute Gasteiger partial charge is 0.349 e. The Morgan fingerprint density at radius 2 is 1.88 bits per heavy atom. The van der Waals surface area contributed by atoms with E-state index >= 15 is 0 Å². The molecule has 176 valence electrons. The van der Waals surface area contributed by atoms with Crippen molar-refractivity contribution in [1.29, 1.82) is 0 Å². The molecule has 1 heterocycles. The van der Waals surface area contributed by atoms with Crippen LogP contribution in [0.3, 0.4) is 0 Å². The molecule has 2 aromatic rings. The lowest BCUT2D eigenvalue weighted by Gasteiger charge is -2.20. The lowest BCUT2D eigenvalue weighted by Crippen LogP contribution is -2.30. The van der Waals surface area contributed by atoms with E-state index in [1.54, 1.807) is 6.07 Å². The lowest BCUT2D eigenvalue weighted by atomic mass is 9.90. The van der Waals surface area contributed by atoms with E-state index in [1.807, 2.05) is 32.2 Å². The molecule has 1 aromatic heterocycles. The summed E-state index contributed by atoms with van der Waals surface area (Å²) in [7, 11) is -3.33. The molecule has 32 heavy (non-hydrogen) atoms. The number of amides is 1. The Labute approximate surface area is 198 Å². The Morgan fingerprint density at radius 1 is 1.22 bits per heavy atom. The molecule has 1 fully saturated rings. The quantitative estimate of drug-likeness (QED) is 0.631. The van der Waals surface area contributed by atoms with Crippen LogP contribution in [-0.4, -0.2) is 25.6 Å². The van der Waals surface area contributed by atoms with Crippen molar-refractivity contribution in [3.63, 3.8) is 0 Å². The second-order valence-electron chi connectivity index (χ2n) is 10.0. The normalized spacial score (nSPS) is 21.3. The zero-order chi connectivity index (χ0) is 23.2. The van der Waals surface area contributed by atoms with Crippen LogP contribution in [0, 0.1) is 12.8 Å². The molecule has 6 nitrogen and oxygen atoms in total. The summed E-state index contributed by atoms with van der Waals surface area (Å²) >= 11 is 0. The standard InChI is InChI=1S/C24H33N3O3S.ClH/c1-15-12-17(8-10-20(15)27-31(7,29)30)16(2)26-22(28)19-13-24(19,6)18-9-11-21(25-14-18)23(3,4)5;/h8-12,14,16,19,27H,13H2,1-7H3,(H,26,28);1H/t16-,19?,24?;/m1./s1. The number of aryl methyl sites for hydroxylation is 1. The highest BCUT2D eigenvalue weighted by molar-refractivity contribution is 7.92. The predicted molar refractivity (Wildman–Crippen MR) is 132 cm³/mol. The fraction of sp³-hybridized carbons (Fsp3) is 0.500. The van der Waals surface area contributed by atoms with Crippen molar-refractivity contribution < 1.29 is 13.2 Å². The van der Waals surface area contributed by atoms with Crippen LogP contribution in [0.1, 0.15) is 69.5 Å². The Bertz CT molecular complexity index is 1090. The second kappa shape index (κ2) is 9.02. The molecular formula is C24H34ClN3O3S. The van der Waals surface area contributed by atoms with Gasteiger partial charge in [0.2, 0.25) is 15.9 Å². The number of carbonyl (C=O) groups excluding carboxylic acids is 1. The van der Waals surface area contributed by atoms with E-state index in [9.17, 15) is 13.2 Å². The topological polar surface area (TPSA) is 88.2 Å². The maximum Gasteiger partial charge on any atom is 0.229 e. The monoisotopic (exact) mass is 479 g/mol. The van der Waals surface area contributed by atoms with E-state index in [0.29, 0.717) is 5.69 Å². The highest BCUT2D eigenvalue weighted by Crippen LogP contribution is 2.54. The van der Waals surface area contributed by atoms with Gasteiger partial charge < -0.3 is 5.32 Å². The number of anilines is 1. The Balaban J connectivity index is 0.00000363. The van der Waals surface area contributed by atoms with Gasteiger partial charge >= 0.3 is 0 Å². The van der Waals surface area contributed by atoms with E-state index in [1.165, 1.54) is 0 Å². The number of hydrogen-bond donors (Lipinski definition) is 2. The third-order valence-corrected chi connectivity index (χ3v) is 6.74. The van der Waals surface area contributed by atoms with Crippen molar-refractivity contribution in [3.8, 4) is 0 Å². The first-order chi connectivity index (χ1) is 14.2. The molecule has 0 saturated heterocycles. The number of sulfonamides is 1. The second-order valence-corrected chi connectivity index (χ2v) is 11.8. The van der Waals surface area contributed by atoms with E-state index in [0.717, 1.165) is 35.1 Å². The summed E-state index contributed by atoms with van der Waals surface area (Å²) in [5.41, 5.74) is 4.24. The smallest absolute Gasteiger partial charge is 0.229 e. The maximum absolute atomic E-state index is 12.9. The average Bonchev–Trinajstić information content (AvgIpc) is 3.35. The molecule has 3 atom stereocenters. The molecule has 3 rings (SSSR count). The van der Waals surface area contributed by atoms with Crippen molar-refractivity contribution in [1.82, 2.24) is 10.3 Å². The molecule has 1 aliphatic carbocycles. The van der Waals surface area contributed by atoms with Gasteiger partial charge in [-0.25, -0.2) is 8.42 Å². The fourth-order valence-electron chi connectivity index (χ4n) is 3.91. The number of nitrogens with zero attached hydrogens (tertiary/aromatic N) is 1. The van der Waals surface area contributed by atoms with Gasteiger partial charge in [0.15, 0.2) is 0 Å². The number of aromatic nitrogens is 1. The van der Waals surface area contributed by atoms with Crippen LogP contribution >= 0.6 is 12.4 Å². The fourth-order valence-corrected chi connectivity index (χ4v) is 4.54. The zero-order valence-electron chi connectivity index (χ0n) is 19.8. The van der Waals surface area contributed by atoms with Gasteiger partial charge in [0, 0.05) is 28.6 Å². The number of pyridine rings is 1. The summed E-state index contributed by atoms with van der Waals surface area (Å²) in [6, 6.07) is 9.46. The molecular weight excluding hydrogens is 446 g/mol. The van der Waals surface area contributed by atoms with Crippen molar-refractivity contribution >= 4 is 34.0 Å². The molecule has 1 saturated carbocycles. The van der Waals surface area contributed by atoms with E-state index in [4.69, 9.17) is 0 Å². The highest BCUT2D eigenvalue weighted by atomic mass is 35.5. The lowest BCUT2D eigenvalue weighted by molar-refractivity contribution is -0.123. The van der Waals surface area contributed by atoms with Gasteiger partial charge in [0.25, 0.3) is 0 Å². The van der Waals surface area contributed by atoms with Crippen molar-refractivity contribution in [2.45, 2.75) is 64.8 Å². The van der Waals surface area contributed by atoms with Crippen molar-refractivity contribution in [2.24, 2.45) is 5.92 Å². The van der Waals surface area contributed by atoms with Crippen LogP contribution in [0.5, 0.6) is 0 Å². The minimum absolute atomic E-state index is 0. The molecule has 1 aromatic carbocycles. The van der Waals surface area contributed by atoms with Crippen LogP contribution in [-0.2, 0) is 25.6 Å². The van der Waals surface area contributed by atoms with Gasteiger partial charge in [-0.15, -0.1) is 12.4 Å². The van der Waals surface area contributed by atoms with Gasteiger partial charge in [-0.3, -0.25) is 14.5 Å². The van der Waals surface area contributed by atoms with Crippen LogP contribution in [0.4, 0.5) is 5.69 Å². The number of halogens is 1. The van der Waals surface area contributed by atoms with Crippen molar-refractivity contribution in [2.75, 3.05) is 11.0 Å². The Morgan fingerprint density at radius 3 is 2.38 bits per heavy atom. The summed E-state index contributed by atoms with van der Waals surface area (Å²) < 4.78 is 25.4. The summed E-state index contributed by atoms with van der Waals surface area (Å²) in [5, 5.41) is 3.12. The van der Waals surface area contributed by atoms with Crippen molar-refractivity contribution in [3.05, 3.63) is 58.9 Å². The third kappa shape index (κ3) is 5.81. The third-order valence-electron chi connectivity index (χ3n) is 6.15. The molecule has 0 radical (unpaired) electrons. The first-order valence-electron chi connectivity index (χ1n) is 10.6. The minimum atomic E-state index is -3.33. The zero-order valence-corrected chi connectivity index (χ0v) is 21.4. The van der Waals surface area contributed by atoms with E-state index in [2.05, 4.69) is 54.9 Å². The average molecular weight is 480 g/mol. The highest BCUT2D eigenvalue weighted by Gasteiger charge is 2.55. The first kappa shape index (κ1) is 26.1.